The van der Waals surface area contributed by atoms with Crippen molar-refractivity contribution in [2.24, 2.45) is 0 Å². The van der Waals surface area contributed by atoms with Gasteiger partial charge in [0.05, 0.1) is 7.11 Å². The normalized spacial score (nSPS) is 10.9. The molecule has 1 N–H and O–H groups in total. The van der Waals surface area contributed by atoms with E-state index in [-0.39, 0.29) is 11.7 Å². The van der Waals surface area contributed by atoms with Gasteiger partial charge in [0, 0.05) is 11.1 Å². The summed E-state index contributed by atoms with van der Waals surface area (Å²) in [5.41, 5.74) is 1.39. The fraction of sp³-hybridized carbons (Fsp3) is 0.0500. The standard InChI is InChI=1S/C20H15NO3/c1-23-15-9-7-14(8-10-15)21-20(22)19-12-17-16-5-3-2-4-13(16)6-11-18(17)24-19/h2-12H,1H3,(H,21,22). The second-order valence-electron chi connectivity index (χ2n) is 5.49. The number of anilines is 1. The molecule has 0 fully saturated rings. The molecular formula is C20H15NO3. The third-order valence-corrected chi connectivity index (χ3v) is 4.00. The quantitative estimate of drug-likeness (QED) is 0.588. The van der Waals surface area contributed by atoms with Gasteiger partial charge in [-0.05, 0) is 47.2 Å². The summed E-state index contributed by atoms with van der Waals surface area (Å²) in [6, 6.07) is 20.9. The molecule has 0 radical (unpaired) electrons. The predicted molar refractivity (Wildman–Crippen MR) is 94.7 cm³/mol. The molecule has 0 aliphatic carbocycles. The molecule has 118 valence electrons. The highest BCUT2D eigenvalue weighted by atomic mass is 16.5. The Morgan fingerprint density at radius 1 is 0.958 bits per heavy atom. The SMILES string of the molecule is COc1ccc(NC(=O)c2cc3c(ccc4ccccc43)o2)cc1. The molecule has 1 aromatic heterocycles. The molecule has 1 amide bonds. The lowest BCUT2D eigenvalue weighted by atomic mass is 10.1. The van der Waals surface area contributed by atoms with Crippen LogP contribution < -0.4 is 10.1 Å². The Morgan fingerprint density at radius 3 is 2.54 bits per heavy atom. The molecule has 0 bridgehead atoms. The third kappa shape index (κ3) is 2.48. The summed E-state index contributed by atoms with van der Waals surface area (Å²) in [6.07, 6.45) is 0. The first-order chi connectivity index (χ1) is 11.7. The van der Waals surface area contributed by atoms with Crippen LogP contribution in [0.25, 0.3) is 21.7 Å². The maximum atomic E-state index is 12.4. The van der Waals surface area contributed by atoms with Crippen LogP contribution in [0.3, 0.4) is 0 Å². The molecular weight excluding hydrogens is 302 g/mol. The number of carbonyl (C=O) groups is 1. The maximum Gasteiger partial charge on any atom is 0.291 e. The fourth-order valence-electron chi connectivity index (χ4n) is 2.77. The van der Waals surface area contributed by atoms with Crippen LogP contribution in [0.2, 0.25) is 0 Å². The number of hydrogen-bond acceptors (Lipinski definition) is 3. The van der Waals surface area contributed by atoms with Crippen molar-refractivity contribution in [1.29, 1.82) is 0 Å². The fourth-order valence-corrected chi connectivity index (χ4v) is 2.77. The highest BCUT2D eigenvalue weighted by Gasteiger charge is 2.14. The highest BCUT2D eigenvalue weighted by Crippen LogP contribution is 2.28. The van der Waals surface area contributed by atoms with Crippen LogP contribution in [0.1, 0.15) is 10.6 Å². The summed E-state index contributed by atoms with van der Waals surface area (Å²) in [7, 11) is 1.60. The van der Waals surface area contributed by atoms with E-state index in [9.17, 15) is 4.79 Å². The van der Waals surface area contributed by atoms with E-state index in [0.29, 0.717) is 11.3 Å². The van der Waals surface area contributed by atoms with E-state index >= 15 is 0 Å². The second kappa shape index (κ2) is 5.74. The molecule has 0 aliphatic heterocycles. The Hall–Kier alpha value is -3.27. The molecule has 1 heterocycles. The first kappa shape index (κ1) is 14.3. The van der Waals surface area contributed by atoms with Crippen LogP contribution >= 0.6 is 0 Å². The Balaban J connectivity index is 1.67. The van der Waals surface area contributed by atoms with Crippen molar-refractivity contribution in [3.05, 3.63) is 72.5 Å². The molecule has 0 unspecified atom stereocenters. The number of benzene rings is 3. The molecule has 4 rings (SSSR count). The lowest BCUT2D eigenvalue weighted by molar-refractivity contribution is 0.0998. The number of methoxy groups -OCH3 is 1. The average Bonchev–Trinajstić information content (AvgIpc) is 3.07. The minimum atomic E-state index is -0.277. The van der Waals surface area contributed by atoms with Crippen LogP contribution in [-0.2, 0) is 0 Å². The summed E-state index contributed by atoms with van der Waals surface area (Å²) in [4.78, 5) is 12.4. The van der Waals surface area contributed by atoms with Crippen LogP contribution in [0.15, 0.2) is 71.1 Å². The summed E-state index contributed by atoms with van der Waals surface area (Å²) >= 11 is 0. The Labute approximate surface area is 138 Å². The van der Waals surface area contributed by atoms with Crippen molar-refractivity contribution in [3.63, 3.8) is 0 Å². The maximum absolute atomic E-state index is 12.4. The van der Waals surface area contributed by atoms with Gasteiger partial charge in [0.25, 0.3) is 5.91 Å². The Kier molecular flexibility index (Phi) is 3.43. The van der Waals surface area contributed by atoms with Gasteiger partial charge in [-0.1, -0.05) is 30.3 Å². The zero-order valence-electron chi connectivity index (χ0n) is 13.1. The van der Waals surface area contributed by atoms with E-state index in [1.807, 2.05) is 36.4 Å². The molecule has 0 saturated carbocycles. The van der Waals surface area contributed by atoms with E-state index in [1.54, 1.807) is 37.4 Å². The lowest BCUT2D eigenvalue weighted by Crippen LogP contribution is -2.10. The smallest absolute Gasteiger partial charge is 0.291 e. The minimum absolute atomic E-state index is 0.277. The number of nitrogens with one attached hydrogen (secondary N) is 1. The van der Waals surface area contributed by atoms with Gasteiger partial charge in [-0.3, -0.25) is 4.79 Å². The number of hydrogen-bond donors (Lipinski definition) is 1. The van der Waals surface area contributed by atoms with Crippen molar-refractivity contribution >= 4 is 33.3 Å². The highest BCUT2D eigenvalue weighted by molar-refractivity contribution is 6.10. The molecule has 0 spiro atoms. The minimum Gasteiger partial charge on any atom is -0.497 e. The van der Waals surface area contributed by atoms with E-state index in [1.165, 1.54) is 0 Å². The third-order valence-electron chi connectivity index (χ3n) is 4.00. The van der Waals surface area contributed by atoms with E-state index in [0.717, 1.165) is 21.9 Å². The monoisotopic (exact) mass is 317 g/mol. The molecule has 4 aromatic rings. The summed E-state index contributed by atoms with van der Waals surface area (Å²) < 4.78 is 10.8. The van der Waals surface area contributed by atoms with E-state index in [2.05, 4.69) is 5.32 Å². The van der Waals surface area contributed by atoms with Crippen molar-refractivity contribution in [1.82, 2.24) is 0 Å². The first-order valence-corrected chi connectivity index (χ1v) is 7.61. The number of amides is 1. The average molecular weight is 317 g/mol. The van der Waals surface area contributed by atoms with Gasteiger partial charge >= 0.3 is 0 Å². The van der Waals surface area contributed by atoms with Gasteiger partial charge in [-0.25, -0.2) is 0 Å². The second-order valence-corrected chi connectivity index (χ2v) is 5.49. The van der Waals surface area contributed by atoms with Gasteiger partial charge < -0.3 is 14.5 Å². The van der Waals surface area contributed by atoms with Crippen molar-refractivity contribution < 1.29 is 13.9 Å². The van der Waals surface area contributed by atoms with Crippen molar-refractivity contribution in [3.8, 4) is 5.75 Å². The molecule has 24 heavy (non-hydrogen) atoms. The van der Waals surface area contributed by atoms with E-state index in [4.69, 9.17) is 9.15 Å². The Bertz CT molecular complexity index is 1030. The lowest BCUT2D eigenvalue weighted by Gasteiger charge is -2.04. The number of rotatable bonds is 3. The number of carbonyl (C=O) groups excluding carboxylic acids is 1. The van der Waals surface area contributed by atoms with Gasteiger partial charge in [-0.2, -0.15) is 0 Å². The van der Waals surface area contributed by atoms with Gasteiger partial charge in [0.1, 0.15) is 11.3 Å². The number of furan rings is 1. The van der Waals surface area contributed by atoms with Crippen LogP contribution in [0.4, 0.5) is 5.69 Å². The summed E-state index contributed by atoms with van der Waals surface area (Å²) in [5.74, 6) is 0.751. The van der Waals surface area contributed by atoms with Gasteiger partial charge in [0.15, 0.2) is 5.76 Å². The van der Waals surface area contributed by atoms with Gasteiger partial charge in [-0.15, -0.1) is 0 Å². The van der Waals surface area contributed by atoms with Crippen LogP contribution in [0.5, 0.6) is 5.75 Å². The zero-order chi connectivity index (χ0) is 16.5. The van der Waals surface area contributed by atoms with E-state index < -0.39 is 0 Å². The molecule has 0 atom stereocenters. The molecule has 4 nitrogen and oxygen atoms in total. The van der Waals surface area contributed by atoms with Gasteiger partial charge in [0.2, 0.25) is 0 Å². The topological polar surface area (TPSA) is 51.5 Å². The van der Waals surface area contributed by atoms with Crippen LogP contribution in [0, 0.1) is 0 Å². The molecule has 4 heteroatoms. The predicted octanol–water partition coefficient (Wildman–Crippen LogP) is 4.85. The summed E-state index contributed by atoms with van der Waals surface area (Å²) in [5, 5.41) is 5.96. The molecule has 0 aliphatic rings. The Morgan fingerprint density at radius 2 is 1.75 bits per heavy atom. The largest absolute Gasteiger partial charge is 0.497 e. The molecule has 0 saturated heterocycles. The number of ether oxygens (including phenoxy) is 1. The summed E-state index contributed by atoms with van der Waals surface area (Å²) in [6.45, 7) is 0. The van der Waals surface area contributed by atoms with Crippen molar-refractivity contribution in [2.75, 3.05) is 12.4 Å². The number of fused-ring (bicyclic) bond motifs is 3. The van der Waals surface area contributed by atoms with Crippen LogP contribution in [-0.4, -0.2) is 13.0 Å². The first-order valence-electron chi connectivity index (χ1n) is 7.61. The molecule has 3 aromatic carbocycles. The van der Waals surface area contributed by atoms with Crippen molar-refractivity contribution in [2.45, 2.75) is 0 Å². The zero-order valence-corrected chi connectivity index (χ0v) is 13.1.